The summed E-state index contributed by atoms with van der Waals surface area (Å²) >= 11 is 0. The van der Waals surface area contributed by atoms with E-state index in [1.54, 1.807) is 12.1 Å². The summed E-state index contributed by atoms with van der Waals surface area (Å²) in [7, 11) is 0. The van der Waals surface area contributed by atoms with Crippen LogP contribution in [0.4, 0.5) is 0 Å². The number of carboxylic acids is 1. The smallest absolute Gasteiger partial charge is 0.337 e. The summed E-state index contributed by atoms with van der Waals surface area (Å²) in [6.45, 7) is 8.53. The van der Waals surface area contributed by atoms with Crippen molar-refractivity contribution in [1.29, 1.82) is 0 Å². The highest BCUT2D eigenvalue weighted by atomic mass is 16.4. The van der Waals surface area contributed by atoms with E-state index in [4.69, 9.17) is 4.98 Å². The van der Waals surface area contributed by atoms with Crippen molar-refractivity contribution in [3.05, 3.63) is 29.6 Å². The van der Waals surface area contributed by atoms with Gasteiger partial charge in [0.25, 0.3) is 0 Å². The highest BCUT2D eigenvalue weighted by Gasteiger charge is 2.23. The van der Waals surface area contributed by atoms with Gasteiger partial charge in [-0.05, 0) is 25.0 Å². The Labute approximate surface area is 125 Å². The third-order valence-corrected chi connectivity index (χ3v) is 3.94. The van der Waals surface area contributed by atoms with Crippen LogP contribution in [0.5, 0.6) is 0 Å². The van der Waals surface area contributed by atoms with Crippen molar-refractivity contribution in [2.45, 2.75) is 58.9 Å². The molecule has 1 unspecified atom stereocenters. The van der Waals surface area contributed by atoms with Gasteiger partial charge in [-0.15, -0.1) is 0 Å². The zero-order chi connectivity index (χ0) is 15.6. The Hall–Kier alpha value is -1.84. The molecular formula is C17H24N2O2. The molecule has 0 aliphatic heterocycles. The minimum atomic E-state index is -0.886. The first-order valence-electron chi connectivity index (χ1n) is 7.75. The van der Waals surface area contributed by atoms with Crippen LogP contribution in [-0.2, 0) is 0 Å². The summed E-state index contributed by atoms with van der Waals surface area (Å²) in [5.74, 6) is 0.368. The molecule has 2 rings (SSSR count). The minimum absolute atomic E-state index is 0.268. The molecule has 0 saturated heterocycles. The fraction of sp³-hybridized carbons (Fsp3) is 0.529. The van der Waals surface area contributed by atoms with Gasteiger partial charge in [0.05, 0.1) is 16.6 Å². The molecule has 0 aliphatic carbocycles. The predicted molar refractivity (Wildman–Crippen MR) is 85.0 cm³/mol. The second kappa shape index (κ2) is 6.29. The molecule has 0 spiro atoms. The van der Waals surface area contributed by atoms with E-state index < -0.39 is 5.97 Å². The van der Waals surface area contributed by atoms with Crippen LogP contribution in [0.15, 0.2) is 18.2 Å². The lowest BCUT2D eigenvalue weighted by molar-refractivity contribution is 0.0698. The molecule has 0 saturated carbocycles. The Kier molecular flexibility index (Phi) is 4.66. The molecule has 2 aromatic rings. The summed E-state index contributed by atoms with van der Waals surface area (Å²) in [6, 6.07) is 5.65. The number of para-hydroxylation sites is 1. The fourth-order valence-corrected chi connectivity index (χ4v) is 2.97. The van der Waals surface area contributed by atoms with Gasteiger partial charge in [0, 0.05) is 12.0 Å². The number of hydrogen-bond donors (Lipinski definition) is 1. The van der Waals surface area contributed by atoms with E-state index in [-0.39, 0.29) is 5.92 Å². The van der Waals surface area contributed by atoms with Gasteiger partial charge in [0.15, 0.2) is 0 Å². The third-order valence-electron chi connectivity index (χ3n) is 3.94. The van der Waals surface area contributed by atoms with Gasteiger partial charge in [-0.1, -0.05) is 40.2 Å². The second-order valence-corrected chi connectivity index (χ2v) is 5.82. The van der Waals surface area contributed by atoms with E-state index in [0.29, 0.717) is 11.6 Å². The van der Waals surface area contributed by atoms with Gasteiger partial charge in [-0.25, -0.2) is 9.78 Å². The second-order valence-electron chi connectivity index (χ2n) is 5.82. The molecule has 0 radical (unpaired) electrons. The number of nitrogens with zero attached hydrogens (tertiary/aromatic N) is 2. The van der Waals surface area contributed by atoms with Crippen molar-refractivity contribution < 1.29 is 9.90 Å². The van der Waals surface area contributed by atoms with Crippen molar-refractivity contribution in [2.75, 3.05) is 0 Å². The van der Waals surface area contributed by atoms with Crippen molar-refractivity contribution in [3.8, 4) is 0 Å². The van der Waals surface area contributed by atoms with E-state index in [2.05, 4.69) is 32.3 Å². The molecule has 114 valence electrons. The maximum atomic E-state index is 11.6. The van der Waals surface area contributed by atoms with E-state index in [9.17, 15) is 9.90 Å². The largest absolute Gasteiger partial charge is 0.478 e. The van der Waals surface area contributed by atoms with E-state index in [0.717, 1.165) is 36.1 Å². The third kappa shape index (κ3) is 2.80. The molecule has 0 aliphatic rings. The Morgan fingerprint density at radius 3 is 2.57 bits per heavy atom. The molecule has 0 amide bonds. The van der Waals surface area contributed by atoms with Crippen LogP contribution in [-0.4, -0.2) is 20.6 Å². The first-order valence-corrected chi connectivity index (χ1v) is 7.75. The van der Waals surface area contributed by atoms with Gasteiger partial charge in [0.2, 0.25) is 0 Å². The number of hydrogen-bond acceptors (Lipinski definition) is 2. The highest BCUT2D eigenvalue weighted by molar-refractivity contribution is 6.01. The SMILES string of the molecule is CCCC(CC)n1c(C(C)C)nc2cccc(C(=O)O)c21. The number of carbonyl (C=O) groups is 1. The molecule has 4 heteroatoms. The summed E-state index contributed by atoms with van der Waals surface area (Å²) in [5, 5.41) is 9.50. The standard InChI is InChI=1S/C17H24N2O2/c1-5-8-12(6-2)19-15-13(17(20)21)9-7-10-14(15)18-16(19)11(3)4/h7,9-12H,5-6,8H2,1-4H3,(H,20,21). The predicted octanol–water partition coefficient (Wildman–Crippen LogP) is 4.61. The summed E-state index contributed by atoms with van der Waals surface area (Å²) in [5.41, 5.74) is 1.91. The monoisotopic (exact) mass is 288 g/mol. The van der Waals surface area contributed by atoms with Gasteiger partial charge in [-0.3, -0.25) is 0 Å². The molecule has 0 fully saturated rings. The molecular weight excluding hydrogens is 264 g/mol. The lowest BCUT2D eigenvalue weighted by Crippen LogP contribution is -2.14. The Bertz CT molecular complexity index is 644. The summed E-state index contributed by atoms with van der Waals surface area (Å²) in [4.78, 5) is 16.3. The quantitative estimate of drug-likeness (QED) is 0.844. The normalized spacial score (nSPS) is 13.0. The average molecular weight is 288 g/mol. The van der Waals surface area contributed by atoms with E-state index in [1.807, 2.05) is 6.07 Å². The Morgan fingerprint density at radius 1 is 1.33 bits per heavy atom. The van der Waals surface area contributed by atoms with E-state index in [1.165, 1.54) is 0 Å². The summed E-state index contributed by atoms with van der Waals surface area (Å²) < 4.78 is 2.17. The van der Waals surface area contributed by atoms with Crippen LogP contribution in [0, 0.1) is 0 Å². The Balaban J connectivity index is 2.79. The van der Waals surface area contributed by atoms with Crippen LogP contribution in [0.1, 0.15) is 75.1 Å². The number of fused-ring (bicyclic) bond motifs is 1. The zero-order valence-corrected chi connectivity index (χ0v) is 13.3. The highest BCUT2D eigenvalue weighted by Crippen LogP contribution is 2.31. The maximum absolute atomic E-state index is 11.6. The lowest BCUT2D eigenvalue weighted by atomic mass is 10.1. The molecule has 1 aromatic heterocycles. The number of aromatic nitrogens is 2. The molecule has 1 heterocycles. The van der Waals surface area contributed by atoms with Crippen molar-refractivity contribution in [2.24, 2.45) is 0 Å². The lowest BCUT2D eigenvalue weighted by Gasteiger charge is -2.22. The van der Waals surface area contributed by atoms with Crippen LogP contribution in [0.3, 0.4) is 0 Å². The van der Waals surface area contributed by atoms with Crippen LogP contribution >= 0.6 is 0 Å². The Morgan fingerprint density at radius 2 is 2.05 bits per heavy atom. The first-order chi connectivity index (χ1) is 10.0. The average Bonchev–Trinajstić information content (AvgIpc) is 2.84. The van der Waals surface area contributed by atoms with Crippen molar-refractivity contribution in [1.82, 2.24) is 9.55 Å². The van der Waals surface area contributed by atoms with E-state index >= 15 is 0 Å². The fourth-order valence-electron chi connectivity index (χ4n) is 2.97. The number of carboxylic acid groups (broad SMARTS) is 1. The van der Waals surface area contributed by atoms with Crippen LogP contribution in [0.25, 0.3) is 11.0 Å². The van der Waals surface area contributed by atoms with Gasteiger partial charge < -0.3 is 9.67 Å². The van der Waals surface area contributed by atoms with Gasteiger partial charge in [-0.2, -0.15) is 0 Å². The molecule has 0 bridgehead atoms. The van der Waals surface area contributed by atoms with Crippen LogP contribution < -0.4 is 0 Å². The van der Waals surface area contributed by atoms with Crippen molar-refractivity contribution in [3.63, 3.8) is 0 Å². The number of rotatable bonds is 6. The summed E-state index contributed by atoms with van der Waals surface area (Å²) in [6.07, 6.45) is 3.09. The number of aromatic carboxylic acids is 1. The minimum Gasteiger partial charge on any atom is -0.478 e. The van der Waals surface area contributed by atoms with Gasteiger partial charge in [0.1, 0.15) is 5.82 Å². The molecule has 1 atom stereocenters. The number of benzene rings is 1. The topological polar surface area (TPSA) is 55.1 Å². The van der Waals surface area contributed by atoms with Crippen LogP contribution in [0.2, 0.25) is 0 Å². The first kappa shape index (κ1) is 15.5. The zero-order valence-electron chi connectivity index (χ0n) is 13.3. The molecule has 4 nitrogen and oxygen atoms in total. The number of imidazole rings is 1. The molecule has 1 aromatic carbocycles. The molecule has 1 N–H and O–H groups in total. The van der Waals surface area contributed by atoms with Gasteiger partial charge >= 0.3 is 5.97 Å². The maximum Gasteiger partial charge on any atom is 0.337 e. The van der Waals surface area contributed by atoms with Crippen molar-refractivity contribution >= 4 is 17.0 Å². The molecule has 21 heavy (non-hydrogen) atoms.